The molecule has 64 valence electrons. The lowest BCUT2D eigenvalue weighted by molar-refractivity contribution is -0.139. The van der Waals surface area contributed by atoms with E-state index in [1.54, 1.807) is 12.1 Å². The molecule has 0 saturated carbocycles. The molecule has 0 bridgehead atoms. The summed E-state index contributed by atoms with van der Waals surface area (Å²) in [7, 11) is 0. The quantitative estimate of drug-likeness (QED) is 0.496. The Hall–Kier alpha value is -0.750. The number of phenolic OH excluding ortho intramolecular Hbond substituents is 1. The normalized spacial score (nSPS) is 9.50. The number of benzene rings is 1. The third kappa shape index (κ3) is 1.70. The van der Waals surface area contributed by atoms with Gasteiger partial charge in [-0.05, 0) is 40.3 Å². The van der Waals surface area contributed by atoms with E-state index in [-0.39, 0.29) is 11.5 Å². The average Bonchev–Trinajstić information content (AvgIpc) is 2.09. The van der Waals surface area contributed by atoms with E-state index in [0.29, 0.717) is 3.57 Å². The van der Waals surface area contributed by atoms with Crippen LogP contribution in [0.4, 0.5) is 0 Å². The lowest BCUT2D eigenvalue weighted by atomic mass is 10.2. The zero-order valence-corrected chi connectivity index (χ0v) is 8.28. The van der Waals surface area contributed by atoms with Crippen molar-refractivity contribution >= 4 is 28.7 Å². The first-order valence-electron chi connectivity index (χ1n) is 3.15. The van der Waals surface area contributed by atoms with Gasteiger partial charge in [-0.3, -0.25) is 0 Å². The van der Waals surface area contributed by atoms with Crippen molar-refractivity contribution in [3.63, 3.8) is 0 Å². The molecule has 4 heteroatoms. The van der Waals surface area contributed by atoms with Crippen molar-refractivity contribution in [1.82, 2.24) is 0 Å². The number of rotatable bonds is 2. The minimum Gasteiger partial charge on any atom is -0.503 e. The predicted octanol–water partition coefficient (Wildman–Crippen LogP) is 2.49. The van der Waals surface area contributed by atoms with Gasteiger partial charge in [0.1, 0.15) is 0 Å². The number of phenols is 1. The van der Waals surface area contributed by atoms with Crippen molar-refractivity contribution in [3.05, 3.63) is 27.8 Å². The molecule has 0 spiro atoms. The second kappa shape index (κ2) is 3.77. The zero-order valence-electron chi connectivity index (χ0n) is 6.12. The molecular formula is C8H7IO3. The molecule has 0 heterocycles. The van der Waals surface area contributed by atoms with Gasteiger partial charge in [-0.25, -0.2) is 5.26 Å². The Morgan fingerprint density at radius 3 is 2.67 bits per heavy atom. The Morgan fingerprint density at radius 1 is 1.50 bits per heavy atom. The fourth-order valence-corrected chi connectivity index (χ4v) is 1.41. The molecule has 0 aliphatic heterocycles. The Morgan fingerprint density at radius 2 is 2.17 bits per heavy atom. The summed E-state index contributed by atoms with van der Waals surface area (Å²) in [6.45, 7) is 3.55. The van der Waals surface area contributed by atoms with Crippen molar-refractivity contribution in [2.24, 2.45) is 0 Å². The van der Waals surface area contributed by atoms with Gasteiger partial charge in [-0.15, -0.1) is 0 Å². The molecule has 2 N–H and O–H groups in total. The van der Waals surface area contributed by atoms with Crippen LogP contribution in [-0.2, 0) is 0 Å². The van der Waals surface area contributed by atoms with Crippen LogP contribution in [0.25, 0.3) is 6.08 Å². The van der Waals surface area contributed by atoms with Gasteiger partial charge in [0, 0.05) is 0 Å². The van der Waals surface area contributed by atoms with E-state index >= 15 is 0 Å². The Kier molecular flexibility index (Phi) is 2.93. The van der Waals surface area contributed by atoms with Crippen molar-refractivity contribution in [1.29, 1.82) is 0 Å². The van der Waals surface area contributed by atoms with Crippen molar-refractivity contribution < 1.29 is 15.3 Å². The molecule has 0 aliphatic carbocycles. The standard InChI is InChI=1S/C8H7IO3/c1-2-5-3-6(9)8(10)7(4-5)12-11/h2-4,10-11H,1H2. The smallest absolute Gasteiger partial charge is 0.208 e. The maximum absolute atomic E-state index is 9.29. The van der Waals surface area contributed by atoms with Crippen LogP contribution in [0.1, 0.15) is 5.56 Å². The van der Waals surface area contributed by atoms with Crippen LogP contribution < -0.4 is 4.89 Å². The molecule has 0 unspecified atom stereocenters. The Bertz CT molecular complexity index is 309. The number of hydrogen-bond donors (Lipinski definition) is 2. The van der Waals surface area contributed by atoms with Crippen LogP contribution in [0.2, 0.25) is 0 Å². The largest absolute Gasteiger partial charge is 0.503 e. The second-order valence-corrected chi connectivity index (χ2v) is 3.31. The van der Waals surface area contributed by atoms with Gasteiger partial charge in [0.25, 0.3) is 0 Å². The first kappa shape index (κ1) is 9.34. The minimum atomic E-state index is -0.0660. The van der Waals surface area contributed by atoms with E-state index in [4.69, 9.17) is 5.26 Å². The molecular weight excluding hydrogens is 271 g/mol. The third-order valence-electron chi connectivity index (χ3n) is 1.38. The summed E-state index contributed by atoms with van der Waals surface area (Å²) in [5.74, 6) is -0.0273. The van der Waals surface area contributed by atoms with Gasteiger partial charge >= 0.3 is 0 Å². The summed E-state index contributed by atoms with van der Waals surface area (Å²) in [4.78, 5) is 3.97. The van der Waals surface area contributed by atoms with E-state index < -0.39 is 0 Å². The SMILES string of the molecule is C=Cc1cc(I)c(O)c(OO)c1. The molecule has 0 aliphatic rings. The van der Waals surface area contributed by atoms with Gasteiger partial charge in [-0.1, -0.05) is 12.7 Å². The third-order valence-corrected chi connectivity index (χ3v) is 2.21. The highest BCUT2D eigenvalue weighted by Crippen LogP contribution is 2.32. The van der Waals surface area contributed by atoms with Gasteiger partial charge < -0.3 is 9.99 Å². The maximum Gasteiger partial charge on any atom is 0.208 e. The number of hydrogen-bond acceptors (Lipinski definition) is 3. The van der Waals surface area contributed by atoms with E-state index in [9.17, 15) is 5.11 Å². The lowest BCUT2D eigenvalue weighted by Crippen LogP contribution is -1.87. The topological polar surface area (TPSA) is 49.7 Å². The first-order chi connectivity index (χ1) is 5.69. The van der Waals surface area contributed by atoms with Gasteiger partial charge in [0.2, 0.25) is 5.75 Å². The maximum atomic E-state index is 9.29. The van der Waals surface area contributed by atoms with Gasteiger partial charge in [0.05, 0.1) is 3.57 Å². The fourth-order valence-electron chi connectivity index (χ4n) is 0.781. The van der Waals surface area contributed by atoms with Crippen molar-refractivity contribution in [2.75, 3.05) is 0 Å². The highest BCUT2D eigenvalue weighted by Gasteiger charge is 2.07. The Labute approximate surface area is 83.4 Å². The van der Waals surface area contributed by atoms with Crippen molar-refractivity contribution in [2.45, 2.75) is 0 Å². The molecule has 0 amide bonds. The molecule has 0 radical (unpaired) electrons. The average molecular weight is 278 g/mol. The number of halogens is 1. The summed E-state index contributed by atoms with van der Waals surface area (Å²) in [5.41, 5.74) is 0.779. The van der Waals surface area contributed by atoms with E-state index in [0.717, 1.165) is 5.56 Å². The lowest BCUT2D eigenvalue weighted by Gasteiger charge is -2.03. The Balaban J connectivity index is 3.28. The van der Waals surface area contributed by atoms with E-state index in [1.807, 2.05) is 22.6 Å². The van der Waals surface area contributed by atoms with E-state index in [2.05, 4.69) is 11.5 Å². The summed E-state index contributed by atoms with van der Waals surface area (Å²) in [5, 5.41) is 17.7. The van der Waals surface area contributed by atoms with Gasteiger partial charge in [0.15, 0.2) is 5.75 Å². The summed E-state index contributed by atoms with van der Waals surface area (Å²) in [6, 6.07) is 3.22. The highest BCUT2D eigenvalue weighted by molar-refractivity contribution is 14.1. The molecule has 0 atom stereocenters. The monoisotopic (exact) mass is 278 g/mol. The predicted molar refractivity (Wildman–Crippen MR) is 54.2 cm³/mol. The zero-order chi connectivity index (χ0) is 9.14. The summed E-state index contributed by atoms with van der Waals surface area (Å²) in [6.07, 6.45) is 1.60. The van der Waals surface area contributed by atoms with Crippen LogP contribution in [0.3, 0.4) is 0 Å². The van der Waals surface area contributed by atoms with Crippen molar-refractivity contribution in [3.8, 4) is 11.5 Å². The molecule has 1 aromatic carbocycles. The fraction of sp³-hybridized carbons (Fsp3) is 0. The molecule has 12 heavy (non-hydrogen) atoms. The van der Waals surface area contributed by atoms with Crippen LogP contribution >= 0.6 is 22.6 Å². The van der Waals surface area contributed by atoms with Gasteiger partial charge in [-0.2, -0.15) is 0 Å². The van der Waals surface area contributed by atoms with Crippen LogP contribution in [0, 0.1) is 3.57 Å². The molecule has 3 nitrogen and oxygen atoms in total. The molecule has 0 fully saturated rings. The highest BCUT2D eigenvalue weighted by atomic mass is 127. The first-order valence-corrected chi connectivity index (χ1v) is 4.23. The van der Waals surface area contributed by atoms with Crippen LogP contribution in [0.5, 0.6) is 11.5 Å². The minimum absolute atomic E-state index is 0.0387. The second-order valence-electron chi connectivity index (χ2n) is 2.14. The molecule has 1 aromatic rings. The van der Waals surface area contributed by atoms with Crippen LogP contribution in [-0.4, -0.2) is 10.4 Å². The molecule has 1 rings (SSSR count). The van der Waals surface area contributed by atoms with Crippen LogP contribution in [0.15, 0.2) is 18.7 Å². The summed E-state index contributed by atoms with van der Waals surface area (Å²) >= 11 is 1.93. The molecule has 0 aromatic heterocycles. The molecule has 0 saturated heterocycles. The van der Waals surface area contributed by atoms with E-state index in [1.165, 1.54) is 6.07 Å². The number of aromatic hydroxyl groups is 1. The summed E-state index contributed by atoms with van der Waals surface area (Å²) < 4.78 is 0.606.